The number of anilines is 1. The van der Waals surface area contributed by atoms with Gasteiger partial charge in [0, 0.05) is 37.4 Å². The SMILES string of the molecule is COCC1CCN(C(=O)c2cc(C)nc(N)c2)C1. The second-order valence-electron chi connectivity index (χ2n) is 4.78. The summed E-state index contributed by atoms with van der Waals surface area (Å²) in [6.45, 7) is 4.09. The van der Waals surface area contributed by atoms with Crippen molar-refractivity contribution >= 4 is 11.7 Å². The molecule has 1 amide bonds. The highest BCUT2D eigenvalue weighted by molar-refractivity contribution is 5.95. The van der Waals surface area contributed by atoms with E-state index in [-0.39, 0.29) is 5.91 Å². The van der Waals surface area contributed by atoms with Crippen molar-refractivity contribution < 1.29 is 9.53 Å². The van der Waals surface area contributed by atoms with Crippen LogP contribution in [0.25, 0.3) is 0 Å². The molecule has 0 saturated carbocycles. The van der Waals surface area contributed by atoms with E-state index in [1.165, 1.54) is 0 Å². The van der Waals surface area contributed by atoms with Crippen LogP contribution in [0, 0.1) is 12.8 Å². The van der Waals surface area contributed by atoms with Gasteiger partial charge in [0.1, 0.15) is 5.82 Å². The van der Waals surface area contributed by atoms with Crippen LogP contribution in [0.3, 0.4) is 0 Å². The van der Waals surface area contributed by atoms with E-state index >= 15 is 0 Å². The highest BCUT2D eigenvalue weighted by Crippen LogP contribution is 2.19. The number of hydrogen-bond acceptors (Lipinski definition) is 4. The van der Waals surface area contributed by atoms with Gasteiger partial charge in [0.15, 0.2) is 0 Å². The van der Waals surface area contributed by atoms with Crippen LogP contribution in [0.15, 0.2) is 12.1 Å². The van der Waals surface area contributed by atoms with Crippen LogP contribution in [0.2, 0.25) is 0 Å². The number of ether oxygens (including phenoxy) is 1. The Kier molecular flexibility index (Phi) is 3.81. The second-order valence-corrected chi connectivity index (χ2v) is 4.78. The number of amides is 1. The van der Waals surface area contributed by atoms with Gasteiger partial charge in [0.25, 0.3) is 5.91 Å². The molecule has 0 aliphatic carbocycles. The Morgan fingerprint density at radius 1 is 1.61 bits per heavy atom. The summed E-state index contributed by atoms with van der Waals surface area (Å²) < 4.78 is 5.13. The molecule has 2 heterocycles. The Morgan fingerprint density at radius 2 is 2.39 bits per heavy atom. The predicted molar refractivity (Wildman–Crippen MR) is 69.3 cm³/mol. The maximum absolute atomic E-state index is 12.3. The van der Waals surface area contributed by atoms with Crippen LogP contribution in [0.1, 0.15) is 22.5 Å². The normalized spacial score (nSPS) is 19.2. The van der Waals surface area contributed by atoms with Gasteiger partial charge in [-0.25, -0.2) is 4.98 Å². The van der Waals surface area contributed by atoms with Gasteiger partial charge in [-0.2, -0.15) is 0 Å². The Morgan fingerprint density at radius 3 is 3.06 bits per heavy atom. The number of pyridine rings is 1. The minimum atomic E-state index is 0.0332. The predicted octanol–water partition coefficient (Wildman–Crippen LogP) is 1.08. The number of carbonyl (C=O) groups is 1. The summed E-state index contributed by atoms with van der Waals surface area (Å²) >= 11 is 0. The van der Waals surface area contributed by atoms with Crippen LogP contribution in [-0.4, -0.2) is 42.6 Å². The fourth-order valence-electron chi connectivity index (χ4n) is 2.39. The summed E-state index contributed by atoms with van der Waals surface area (Å²) in [5, 5.41) is 0. The minimum absolute atomic E-state index is 0.0332. The highest BCUT2D eigenvalue weighted by Gasteiger charge is 2.27. The molecule has 5 heteroatoms. The van der Waals surface area contributed by atoms with Crippen LogP contribution in [0.4, 0.5) is 5.82 Å². The molecular weight excluding hydrogens is 230 g/mol. The first-order chi connectivity index (χ1) is 8.60. The quantitative estimate of drug-likeness (QED) is 0.870. The monoisotopic (exact) mass is 249 g/mol. The number of nitrogens with zero attached hydrogens (tertiary/aromatic N) is 2. The van der Waals surface area contributed by atoms with Crippen molar-refractivity contribution in [1.82, 2.24) is 9.88 Å². The van der Waals surface area contributed by atoms with Gasteiger partial charge in [-0.15, -0.1) is 0 Å². The van der Waals surface area contributed by atoms with Gasteiger partial charge < -0.3 is 15.4 Å². The molecule has 0 spiro atoms. The molecule has 1 fully saturated rings. The maximum Gasteiger partial charge on any atom is 0.254 e. The third kappa shape index (κ3) is 2.79. The Hall–Kier alpha value is -1.62. The van der Waals surface area contributed by atoms with Gasteiger partial charge in [-0.3, -0.25) is 4.79 Å². The molecule has 1 aromatic heterocycles. The number of aryl methyl sites for hydroxylation is 1. The zero-order valence-corrected chi connectivity index (χ0v) is 10.8. The topological polar surface area (TPSA) is 68.5 Å². The molecule has 18 heavy (non-hydrogen) atoms. The largest absolute Gasteiger partial charge is 0.384 e. The van der Waals surface area contributed by atoms with E-state index in [0.717, 1.165) is 25.2 Å². The molecule has 98 valence electrons. The van der Waals surface area contributed by atoms with Gasteiger partial charge in [0.2, 0.25) is 0 Å². The summed E-state index contributed by atoms with van der Waals surface area (Å²) in [4.78, 5) is 18.2. The average molecular weight is 249 g/mol. The Labute approximate surface area is 107 Å². The first kappa shape index (κ1) is 12.8. The van der Waals surface area contributed by atoms with Crippen LogP contribution in [0.5, 0.6) is 0 Å². The van der Waals surface area contributed by atoms with Crippen LogP contribution >= 0.6 is 0 Å². The number of aromatic nitrogens is 1. The van der Waals surface area contributed by atoms with E-state index in [1.807, 2.05) is 11.8 Å². The Bertz CT molecular complexity index is 428. The van der Waals surface area contributed by atoms with Gasteiger partial charge in [-0.1, -0.05) is 0 Å². The first-order valence-electron chi connectivity index (χ1n) is 6.12. The zero-order valence-electron chi connectivity index (χ0n) is 10.8. The number of likely N-dealkylation sites (tertiary alicyclic amines) is 1. The molecule has 1 aliphatic rings. The highest BCUT2D eigenvalue weighted by atomic mass is 16.5. The lowest BCUT2D eigenvalue weighted by Crippen LogP contribution is -2.29. The Balaban J connectivity index is 2.08. The third-order valence-electron chi connectivity index (χ3n) is 3.20. The zero-order chi connectivity index (χ0) is 13.1. The van der Waals surface area contributed by atoms with E-state index in [2.05, 4.69) is 4.98 Å². The summed E-state index contributed by atoms with van der Waals surface area (Å²) in [5.74, 6) is 0.871. The molecule has 5 nitrogen and oxygen atoms in total. The minimum Gasteiger partial charge on any atom is -0.384 e. The van der Waals surface area contributed by atoms with E-state index in [4.69, 9.17) is 10.5 Å². The maximum atomic E-state index is 12.3. The molecule has 1 saturated heterocycles. The van der Waals surface area contributed by atoms with Crippen molar-refractivity contribution in [3.8, 4) is 0 Å². The van der Waals surface area contributed by atoms with Crippen molar-refractivity contribution in [2.45, 2.75) is 13.3 Å². The molecular formula is C13H19N3O2. The summed E-state index contributed by atoms with van der Waals surface area (Å²) in [7, 11) is 1.69. The smallest absolute Gasteiger partial charge is 0.254 e. The second kappa shape index (κ2) is 5.35. The van der Waals surface area contributed by atoms with E-state index in [0.29, 0.717) is 23.9 Å². The first-order valence-corrected chi connectivity index (χ1v) is 6.12. The number of nitrogens with two attached hydrogens (primary N) is 1. The van der Waals surface area contributed by atoms with Gasteiger partial charge in [0.05, 0.1) is 6.61 Å². The molecule has 2 N–H and O–H groups in total. The molecule has 1 unspecified atom stereocenters. The molecule has 0 aromatic carbocycles. The van der Waals surface area contributed by atoms with Crippen molar-refractivity contribution in [3.05, 3.63) is 23.4 Å². The fraction of sp³-hybridized carbons (Fsp3) is 0.538. The molecule has 1 aromatic rings. The van der Waals surface area contributed by atoms with Crippen molar-refractivity contribution in [3.63, 3.8) is 0 Å². The number of carbonyl (C=O) groups excluding carboxylic acids is 1. The summed E-state index contributed by atoms with van der Waals surface area (Å²) in [6, 6.07) is 3.42. The molecule has 0 radical (unpaired) electrons. The summed E-state index contributed by atoms with van der Waals surface area (Å²) in [6.07, 6.45) is 0.999. The van der Waals surface area contributed by atoms with E-state index < -0.39 is 0 Å². The molecule has 1 atom stereocenters. The van der Waals surface area contributed by atoms with E-state index in [1.54, 1.807) is 19.2 Å². The third-order valence-corrected chi connectivity index (χ3v) is 3.20. The van der Waals surface area contributed by atoms with E-state index in [9.17, 15) is 4.79 Å². The fourth-order valence-corrected chi connectivity index (χ4v) is 2.39. The molecule has 0 bridgehead atoms. The number of rotatable bonds is 3. The number of methoxy groups -OCH3 is 1. The van der Waals surface area contributed by atoms with Gasteiger partial charge in [-0.05, 0) is 25.5 Å². The number of nitrogen functional groups attached to an aromatic ring is 1. The lowest BCUT2D eigenvalue weighted by atomic mass is 10.1. The van der Waals surface area contributed by atoms with Crippen LogP contribution < -0.4 is 5.73 Å². The van der Waals surface area contributed by atoms with Gasteiger partial charge >= 0.3 is 0 Å². The van der Waals surface area contributed by atoms with Crippen molar-refractivity contribution in [2.75, 3.05) is 32.5 Å². The van der Waals surface area contributed by atoms with Crippen molar-refractivity contribution in [1.29, 1.82) is 0 Å². The lowest BCUT2D eigenvalue weighted by Gasteiger charge is -2.17. The van der Waals surface area contributed by atoms with Crippen LogP contribution in [-0.2, 0) is 4.74 Å². The lowest BCUT2D eigenvalue weighted by molar-refractivity contribution is 0.0775. The average Bonchev–Trinajstić information content (AvgIpc) is 2.76. The summed E-state index contributed by atoms with van der Waals surface area (Å²) in [5.41, 5.74) is 7.06. The molecule has 2 rings (SSSR count). The molecule has 1 aliphatic heterocycles. The standard InChI is InChI=1S/C13H19N3O2/c1-9-5-11(6-12(14)15-9)13(17)16-4-3-10(7-16)8-18-2/h5-6,10H,3-4,7-8H2,1-2H3,(H2,14,15). The van der Waals surface area contributed by atoms with Crippen molar-refractivity contribution in [2.24, 2.45) is 5.92 Å². The number of hydrogen-bond donors (Lipinski definition) is 1.